The van der Waals surface area contributed by atoms with Crippen LogP contribution >= 0.6 is 23.2 Å². The molecule has 1 fully saturated rings. The molecule has 1 aliphatic rings. The molecule has 170 valence electrons. The number of ketones is 1. The molecule has 4 rings (SSSR count). The molecular weight excluding hydrogens is 461 g/mol. The van der Waals surface area contributed by atoms with Crippen LogP contribution in [0.25, 0.3) is 0 Å². The van der Waals surface area contributed by atoms with Crippen LogP contribution in [0.5, 0.6) is 11.5 Å². The van der Waals surface area contributed by atoms with Gasteiger partial charge in [0.1, 0.15) is 21.5 Å². The van der Waals surface area contributed by atoms with Crippen LogP contribution in [0.3, 0.4) is 0 Å². The molecule has 33 heavy (non-hydrogen) atoms. The van der Waals surface area contributed by atoms with E-state index in [2.05, 4.69) is 4.98 Å². The first-order valence-corrected chi connectivity index (χ1v) is 11.3. The first-order valence-electron chi connectivity index (χ1n) is 10.5. The molecule has 0 N–H and O–H groups in total. The van der Waals surface area contributed by atoms with Crippen molar-refractivity contribution in [1.29, 1.82) is 0 Å². The second kappa shape index (κ2) is 8.81. The minimum absolute atomic E-state index is 0.102. The van der Waals surface area contributed by atoms with Gasteiger partial charge in [0.2, 0.25) is 11.4 Å². The van der Waals surface area contributed by atoms with Gasteiger partial charge in [0.25, 0.3) is 0 Å². The van der Waals surface area contributed by atoms with E-state index in [0.29, 0.717) is 17.9 Å². The maximum Gasteiger partial charge on any atom is 0.355 e. The van der Waals surface area contributed by atoms with Gasteiger partial charge in [0.15, 0.2) is 0 Å². The third-order valence-electron chi connectivity index (χ3n) is 5.53. The van der Waals surface area contributed by atoms with Crippen LogP contribution in [0.1, 0.15) is 53.4 Å². The topological polar surface area (TPSA) is 65.5 Å². The van der Waals surface area contributed by atoms with Gasteiger partial charge < -0.3 is 9.47 Å². The number of alkyl halides is 2. The van der Waals surface area contributed by atoms with E-state index in [1.807, 2.05) is 12.1 Å². The highest BCUT2D eigenvalue weighted by molar-refractivity contribution is 6.51. The number of para-hydroxylation sites is 1. The Morgan fingerprint density at radius 1 is 1.03 bits per heavy atom. The highest BCUT2D eigenvalue weighted by Gasteiger charge is 2.52. The van der Waals surface area contributed by atoms with Crippen molar-refractivity contribution in [3.05, 3.63) is 89.2 Å². The summed E-state index contributed by atoms with van der Waals surface area (Å²) in [5.74, 6) is -0.194. The molecule has 1 atom stereocenters. The monoisotopic (exact) mass is 483 g/mol. The Morgan fingerprint density at radius 3 is 2.33 bits per heavy atom. The van der Waals surface area contributed by atoms with E-state index >= 15 is 0 Å². The molecule has 1 saturated carbocycles. The van der Waals surface area contributed by atoms with Crippen LogP contribution in [0.15, 0.2) is 66.9 Å². The summed E-state index contributed by atoms with van der Waals surface area (Å²) in [6, 6.07) is 17.5. The lowest BCUT2D eigenvalue weighted by Crippen LogP contribution is -2.41. The summed E-state index contributed by atoms with van der Waals surface area (Å²) in [6.45, 7) is 5.03. The van der Waals surface area contributed by atoms with Gasteiger partial charge in [-0.15, -0.1) is 23.2 Å². The van der Waals surface area contributed by atoms with Gasteiger partial charge in [0, 0.05) is 12.1 Å². The third kappa shape index (κ3) is 5.05. The third-order valence-corrected chi connectivity index (χ3v) is 6.37. The zero-order valence-electron chi connectivity index (χ0n) is 18.5. The van der Waals surface area contributed by atoms with E-state index in [-0.39, 0.29) is 23.0 Å². The first-order chi connectivity index (χ1) is 15.6. The lowest BCUT2D eigenvalue weighted by Gasteiger charge is -2.25. The van der Waals surface area contributed by atoms with Gasteiger partial charge in [0.05, 0.1) is 5.56 Å². The molecule has 1 heterocycles. The smallest absolute Gasteiger partial charge is 0.355 e. The molecule has 0 spiro atoms. The normalized spacial score (nSPS) is 16.7. The van der Waals surface area contributed by atoms with Crippen molar-refractivity contribution in [2.24, 2.45) is 0 Å². The molecule has 1 aromatic heterocycles. The van der Waals surface area contributed by atoms with Gasteiger partial charge in [-0.25, -0.2) is 4.79 Å². The number of benzene rings is 2. The van der Waals surface area contributed by atoms with E-state index in [4.69, 9.17) is 32.7 Å². The average Bonchev–Trinajstić information content (AvgIpc) is 3.42. The minimum Gasteiger partial charge on any atom is -0.476 e. The SMILES string of the molecule is Cc1cccnc1C(=O)c1ccccc1OC(=O)C(C)(C)Oc1ccc(C2CC2(Cl)Cl)cc1. The number of ether oxygens (including phenoxy) is 2. The number of carbonyl (C=O) groups excluding carboxylic acids is 2. The van der Waals surface area contributed by atoms with Crippen molar-refractivity contribution < 1.29 is 19.1 Å². The Morgan fingerprint density at radius 2 is 1.70 bits per heavy atom. The van der Waals surface area contributed by atoms with E-state index in [1.54, 1.807) is 75.5 Å². The number of hydrogen-bond donors (Lipinski definition) is 0. The Bertz CT molecular complexity index is 1200. The van der Waals surface area contributed by atoms with Gasteiger partial charge in [-0.3, -0.25) is 9.78 Å². The van der Waals surface area contributed by atoms with E-state index in [9.17, 15) is 9.59 Å². The predicted octanol–water partition coefficient (Wildman–Crippen LogP) is 6.05. The summed E-state index contributed by atoms with van der Waals surface area (Å²) in [5.41, 5.74) is 1.02. The molecule has 0 bridgehead atoms. The number of rotatable bonds is 7. The van der Waals surface area contributed by atoms with Crippen LogP contribution in [0.4, 0.5) is 0 Å². The summed E-state index contributed by atoms with van der Waals surface area (Å²) < 4.78 is 10.8. The lowest BCUT2D eigenvalue weighted by atomic mass is 10.0. The second-order valence-electron chi connectivity index (χ2n) is 8.58. The number of halogens is 2. The summed E-state index contributed by atoms with van der Waals surface area (Å²) >= 11 is 12.3. The molecular formula is C26H23Cl2NO4. The van der Waals surface area contributed by atoms with Crippen molar-refractivity contribution in [3.8, 4) is 11.5 Å². The van der Waals surface area contributed by atoms with Gasteiger partial charge in [-0.1, -0.05) is 30.3 Å². The van der Waals surface area contributed by atoms with Crippen molar-refractivity contribution in [1.82, 2.24) is 4.98 Å². The maximum atomic E-state index is 13.0. The average molecular weight is 484 g/mol. The standard InChI is InChI=1S/C26H23Cl2NO4/c1-16-7-6-14-29-22(16)23(30)19-8-4-5-9-21(19)32-24(31)25(2,3)33-18-12-10-17(11-13-18)20-15-26(20,27)28/h4-14,20H,15H2,1-3H3. The van der Waals surface area contributed by atoms with Crippen LogP contribution in [-0.4, -0.2) is 26.7 Å². The van der Waals surface area contributed by atoms with Crippen LogP contribution in [0, 0.1) is 6.92 Å². The molecule has 1 unspecified atom stereocenters. The molecule has 0 aliphatic heterocycles. The van der Waals surface area contributed by atoms with E-state index < -0.39 is 15.9 Å². The highest BCUT2D eigenvalue weighted by Crippen LogP contribution is 2.59. The number of pyridine rings is 1. The largest absolute Gasteiger partial charge is 0.476 e. The Labute approximate surface area is 202 Å². The van der Waals surface area contributed by atoms with Gasteiger partial charge in [-0.05, 0) is 68.7 Å². The highest BCUT2D eigenvalue weighted by atomic mass is 35.5. The molecule has 1 aliphatic carbocycles. The van der Waals surface area contributed by atoms with Crippen molar-refractivity contribution >= 4 is 35.0 Å². The van der Waals surface area contributed by atoms with Crippen molar-refractivity contribution in [2.75, 3.05) is 0 Å². The maximum absolute atomic E-state index is 13.0. The Balaban J connectivity index is 1.49. The molecule has 3 aromatic rings. The van der Waals surface area contributed by atoms with E-state index in [0.717, 1.165) is 11.1 Å². The number of hydrogen-bond acceptors (Lipinski definition) is 5. The zero-order chi connectivity index (χ0) is 23.8. The fourth-order valence-electron chi connectivity index (χ4n) is 3.50. The van der Waals surface area contributed by atoms with Gasteiger partial charge >= 0.3 is 5.97 Å². The number of carbonyl (C=O) groups is 2. The fraction of sp³-hybridized carbons (Fsp3) is 0.269. The lowest BCUT2D eigenvalue weighted by molar-refractivity contribution is -0.149. The fourth-order valence-corrected chi connectivity index (χ4v) is 4.06. The Hall–Kier alpha value is -2.89. The molecule has 0 saturated heterocycles. The number of aromatic nitrogens is 1. The number of nitrogens with zero attached hydrogens (tertiary/aromatic N) is 1. The molecule has 7 heteroatoms. The van der Waals surface area contributed by atoms with E-state index in [1.165, 1.54) is 0 Å². The Kier molecular flexibility index (Phi) is 6.21. The molecule has 0 amide bonds. The molecule has 2 aromatic carbocycles. The summed E-state index contributed by atoms with van der Waals surface area (Å²) in [5, 5.41) is 0. The summed E-state index contributed by atoms with van der Waals surface area (Å²) in [4.78, 5) is 30.2. The van der Waals surface area contributed by atoms with Crippen LogP contribution in [0.2, 0.25) is 0 Å². The summed E-state index contributed by atoms with van der Waals surface area (Å²) in [7, 11) is 0. The second-order valence-corrected chi connectivity index (χ2v) is 10.1. The van der Waals surface area contributed by atoms with Crippen LogP contribution in [-0.2, 0) is 4.79 Å². The number of esters is 1. The quantitative estimate of drug-likeness (QED) is 0.177. The predicted molar refractivity (Wildman–Crippen MR) is 127 cm³/mol. The molecule has 0 radical (unpaired) electrons. The summed E-state index contributed by atoms with van der Waals surface area (Å²) in [6.07, 6.45) is 2.27. The first kappa shape index (κ1) is 23.3. The minimum atomic E-state index is -1.30. The molecule has 5 nitrogen and oxygen atoms in total. The van der Waals surface area contributed by atoms with Crippen LogP contribution < -0.4 is 9.47 Å². The van der Waals surface area contributed by atoms with Gasteiger partial charge in [-0.2, -0.15) is 0 Å². The van der Waals surface area contributed by atoms with Crippen molar-refractivity contribution in [3.63, 3.8) is 0 Å². The van der Waals surface area contributed by atoms with Crippen molar-refractivity contribution in [2.45, 2.75) is 43.0 Å². The zero-order valence-corrected chi connectivity index (χ0v) is 20.0. The number of aryl methyl sites for hydroxylation is 1.